The van der Waals surface area contributed by atoms with Crippen LogP contribution in [0.1, 0.15) is 54.3 Å². The van der Waals surface area contributed by atoms with Crippen LogP contribution in [0.15, 0.2) is 24.3 Å². The van der Waals surface area contributed by atoms with Gasteiger partial charge in [0.2, 0.25) is 0 Å². The third kappa shape index (κ3) is 7.56. The molecular weight excluding hydrogens is 406 g/mol. The van der Waals surface area contributed by atoms with E-state index in [9.17, 15) is 24.3 Å². The number of rotatable bonds is 9. The van der Waals surface area contributed by atoms with Gasteiger partial charge in [-0.1, -0.05) is 12.1 Å². The van der Waals surface area contributed by atoms with Crippen molar-refractivity contribution >= 4 is 24.0 Å². The molecule has 31 heavy (non-hydrogen) atoms. The van der Waals surface area contributed by atoms with Gasteiger partial charge in [0.25, 0.3) is 11.8 Å². The molecule has 0 saturated heterocycles. The van der Waals surface area contributed by atoms with Crippen LogP contribution in [0.4, 0.5) is 9.59 Å². The molecule has 170 valence electrons. The van der Waals surface area contributed by atoms with Gasteiger partial charge in [-0.15, -0.1) is 0 Å². The quantitative estimate of drug-likeness (QED) is 0.397. The molecule has 10 heteroatoms. The second-order valence-corrected chi connectivity index (χ2v) is 8.08. The number of fused-ring (bicyclic) bond motifs is 1. The maximum atomic E-state index is 12.2. The fourth-order valence-electron chi connectivity index (χ4n) is 2.82. The van der Waals surface area contributed by atoms with Gasteiger partial charge in [0.15, 0.2) is 0 Å². The van der Waals surface area contributed by atoms with Gasteiger partial charge in [0.05, 0.1) is 17.7 Å². The first-order chi connectivity index (χ1) is 14.6. The van der Waals surface area contributed by atoms with E-state index in [0.29, 0.717) is 24.0 Å². The zero-order valence-corrected chi connectivity index (χ0v) is 18.0. The molecule has 0 aliphatic carbocycles. The predicted molar refractivity (Wildman–Crippen MR) is 111 cm³/mol. The predicted octanol–water partition coefficient (Wildman–Crippen LogP) is 1.67. The zero-order valence-electron chi connectivity index (χ0n) is 18.0. The summed E-state index contributed by atoms with van der Waals surface area (Å²) in [5.41, 5.74) is 0.174. The Morgan fingerprint density at radius 1 is 1.03 bits per heavy atom. The highest BCUT2D eigenvalue weighted by atomic mass is 16.6. The van der Waals surface area contributed by atoms with Crippen LogP contribution in [0, 0.1) is 0 Å². The molecule has 1 heterocycles. The third-order valence-corrected chi connectivity index (χ3v) is 4.24. The number of hydrogen-bond donors (Lipinski definition) is 3. The lowest BCUT2D eigenvalue weighted by Crippen LogP contribution is -2.39. The molecule has 4 amide bonds. The third-order valence-electron chi connectivity index (χ3n) is 4.24. The summed E-state index contributed by atoms with van der Waals surface area (Å²) in [6, 6.07) is 6.69. The Morgan fingerprint density at radius 2 is 1.65 bits per heavy atom. The van der Waals surface area contributed by atoms with Crippen LogP contribution in [0.3, 0.4) is 0 Å². The molecule has 1 aliphatic rings. The fourth-order valence-corrected chi connectivity index (χ4v) is 2.82. The smallest absolute Gasteiger partial charge is 0.407 e. The molecular formula is C21H29N3O7. The highest BCUT2D eigenvalue weighted by Gasteiger charge is 2.34. The number of hydrogen-bond acceptors (Lipinski definition) is 7. The zero-order chi connectivity index (χ0) is 23.0. The Balaban J connectivity index is 1.56. The van der Waals surface area contributed by atoms with E-state index in [1.807, 2.05) is 0 Å². The molecule has 0 saturated carbocycles. The van der Waals surface area contributed by atoms with Crippen LogP contribution in [0.5, 0.6) is 0 Å². The lowest BCUT2D eigenvalue weighted by atomic mass is 10.1. The number of ether oxygens (including phenoxy) is 2. The molecule has 1 unspecified atom stereocenters. The number of imide groups is 1. The van der Waals surface area contributed by atoms with E-state index in [-0.39, 0.29) is 38.1 Å². The van der Waals surface area contributed by atoms with Gasteiger partial charge in [0.1, 0.15) is 18.3 Å². The minimum absolute atomic E-state index is 0.123. The van der Waals surface area contributed by atoms with Crippen LogP contribution >= 0.6 is 0 Å². The number of aliphatic hydroxyl groups excluding tert-OH is 1. The lowest BCUT2D eigenvalue weighted by Gasteiger charge is -2.20. The molecule has 0 fully saturated rings. The fraction of sp³-hybridized carbons (Fsp3) is 0.524. The molecule has 1 atom stereocenters. The number of carbonyl (C=O) groups is 4. The summed E-state index contributed by atoms with van der Waals surface area (Å²) in [5.74, 6) is -0.608. The molecule has 3 N–H and O–H groups in total. The highest BCUT2D eigenvalue weighted by molar-refractivity contribution is 6.21. The van der Waals surface area contributed by atoms with E-state index in [0.717, 1.165) is 0 Å². The number of nitrogens with zero attached hydrogens (tertiary/aromatic N) is 1. The van der Waals surface area contributed by atoms with Crippen LogP contribution in [0.2, 0.25) is 0 Å². The first-order valence-electron chi connectivity index (χ1n) is 10.1. The maximum absolute atomic E-state index is 12.2. The Labute approximate surface area is 180 Å². The van der Waals surface area contributed by atoms with E-state index in [1.54, 1.807) is 45.0 Å². The van der Waals surface area contributed by atoms with Crippen molar-refractivity contribution in [1.82, 2.24) is 15.5 Å². The van der Waals surface area contributed by atoms with Gasteiger partial charge < -0.3 is 25.2 Å². The molecule has 0 aromatic heterocycles. The normalized spacial score (nSPS) is 14.1. The molecule has 2 rings (SSSR count). The van der Waals surface area contributed by atoms with Crippen molar-refractivity contribution in [2.45, 2.75) is 45.3 Å². The molecule has 1 aromatic carbocycles. The van der Waals surface area contributed by atoms with Gasteiger partial charge in [-0.3, -0.25) is 14.5 Å². The summed E-state index contributed by atoms with van der Waals surface area (Å²) >= 11 is 0. The second-order valence-electron chi connectivity index (χ2n) is 8.08. The minimum Gasteiger partial charge on any atom is -0.447 e. The number of carbonyl (C=O) groups excluding carboxylic acids is 4. The van der Waals surface area contributed by atoms with Gasteiger partial charge in [-0.05, 0) is 45.7 Å². The van der Waals surface area contributed by atoms with E-state index in [4.69, 9.17) is 9.47 Å². The average molecular weight is 435 g/mol. The van der Waals surface area contributed by atoms with Gasteiger partial charge in [-0.25, -0.2) is 9.59 Å². The molecule has 1 aliphatic heterocycles. The molecule has 1 aromatic rings. The summed E-state index contributed by atoms with van der Waals surface area (Å²) in [5, 5.41) is 14.7. The maximum Gasteiger partial charge on any atom is 0.407 e. The number of alkyl carbamates (subject to hydrolysis) is 2. The number of benzene rings is 1. The first-order valence-corrected chi connectivity index (χ1v) is 10.1. The minimum atomic E-state index is -1.08. The van der Waals surface area contributed by atoms with E-state index in [1.165, 1.54) is 4.90 Å². The Kier molecular flexibility index (Phi) is 8.38. The summed E-state index contributed by atoms with van der Waals surface area (Å²) in [6.07, 6.45) is -1.40. The summed E-state index contributed by atoms with van der Waals surface area (Å²) in [7, 11) is 0. The van der Waals surface area contributed by atoms with Crippen LogP contribution in [-0.2, 0) is 9.47 Å². The van der Waals surface area contributed by atoms with Crippen molar-refractivity contribution in [1.29, 1.82) is 0 Å². The number of nitrogens with one attached hydrogen (secondary N) is 2. The Morgan fingerprint density at radius 3 is 2.23 bits per heavy atom. The lowest BCUT2D eigenvalue weighted by molar-refractivity contribution is 0.0421. The molecule has 0 spiro atoms. The molecule has 0 bridgehead atoms. The van der Waals surface area contributed by atoms with Gasteiger partial charge in [0, 0.05) is 13.1 Å². The average Bonchev–Trinajstić information content (AvgIpc) is 2.94. The Bertz CT molecular complexity index is 784. The van der Waals surface area contributed by atoms with Crippen molar-refractivity contribution < 1.29 is 33.8 Å². The van der Waals surface area contributed by atoms with Gasteiger partial charge in [-0.2, -0.15) is 0 Å². The SMILES string of the molecule is CC(C)(C)OC(=O)NCC(O)COC(=O)NCCCCN1C(=O)c2ccccc2C1=O. The second kappa shape index (κ2) is 10.8. The van der Waals surface area contributed by atoms with Crippen molar-refractivity contribution in [3.8, 4) is 0 Å². The number of unbranched alkanes of at least 4 members (excludes halogenated alkanes) is 1. The van der Waals surface area contributed by atoms with Crippen LogP contribution < -0.4 is 10.6 Å². The number of aliphatic hydroxyl groups is 1. The van der Waals surface area contributed by atoms with Crippen LogP contribution in [0.25, 0.3) is 0 Å². The van der Waals surface area contributed by atoms with Crippen molar-refractivity contribution in [3.05, 3.63) is 35.4 Å². The standard InChI is InChI=1S/C21H29N3O7/c1-21(2,3)31-20(29)23-12-14(25)13-30-19(28)22-10-6-7-11-24-17(26)15-8-4-5-9-16(15)18(24)27/h4-5,8-9,14,25H,6-7,10-13H2,1-3H3,(H,22,28)(H,23,29). The largest absolute Gasteiger partial charge is 0.447 e. The summed E-state index contributed by atoms with van der Waals surface area (Å²) in [6.45, 7) is 5.29. The Hall–Kier alpha value is -3.14. The molecule has 0 radical (unpaired) electrons. The van der Waals surface area contributed by atoms with Gasteiger partial charge >= 0.3 is 12.2 Å². The first kappa shape index (κ1) is 24.1. The summed E-state index contributed by atoms with van der Waals surface area (Å²) < 4.78 is 9.91. The monoisotopic (exact) mass is 435 g/mol. The van der Waals surface area contributed by atoms with Crippen molar-refractivity contribution in [2.24, 2.45) is 0 Å². The molecule has 10 nitrogen and oxygen atoms in total. The van der Waals surface area contributed by atoms with Crippen molar-refractivity contribution in [3.63, 3.8) is 0 Å². The number of amides is 4. The van der Waals surface area contributed by atoms with E-state index in [2.05, 4.69) is 10.6 Å². The van der Waals surface area contributed by atoms with E-state index >= 15 is 0 Å². The summed E-state index contributed by atoms with van der Waals surface area (Å²) in [4.78, 5) is 48.9. The van der Waals surface area contributed by atoms with Crippen LogP contribution in [-0.4, -0.2) is 72.0 Å². The topological polar surface area (TPSA) is 134 Å². The van der Waals surface area contributed by atoms with E-state index < -0.39 is 23.9 Å². The van der Waals surface area contributed by atoms with Crippen molar-refractivity contribution in [2.75, 3.05) is 26.2 Å². The highest BCUT2D eigenvalue weighted by Crippen LogP contribution is 2.22.